The van der Waals surface area contributed by atoms with Gasteiger partial charge in [0.2, 0.25) is 0 Å². The Bertz CT molecular complexity index is 769. The summed E-state index contributed by atoms with van der Waals surface area (Å²) in [5.74, 6) is 1.39. The molecule has 4 atom stereocenters. The van der Waals surface area contributed by atoms with Crippen LogP contribution in [0.5, 0.6) is 0 Å². The van der Waals surface area contributed by atoms with Crippen LogP contribution in [0.15, 0.2) is 67.3 Å². The Morgan fingerprint density at radius 1 is 1.12 bits per heavy atom. The highest BCUT2D eigenvalue weighted by molar-refractivity contribution is 5.94. The van der Waals surface area contributed by atoms with Crippen LogP contribution < -0.4 is 5.32 Å². The van der Waals surface area contributed by atoms with Crippen molar-refractivity contribution in [3.05, 3.63) is 72.8 Å². The zero-order valence-corrected chi connectivity index (χ0v) is 15.1. The van der Waals surface area contributed by atoms with E-state index in [4.69, 9.17) is 0 Å². The Morgan fingerprint density at radius 3 is 2.50 bits per heavy atom. The van der Waals surface area contributed by atoms with Crippen molar-refractivity contribution in [3.8, 4) is 11.1 Å². The van der Waals surface area contributed by atoms with Gasteiger partial charge in [0.1, 0.15) is 0 Å². The van der Waals surface area contributed by atoms with Crippen LogP contribution in [0, 0.1) is 11.8 Å². The fourth-order valence-corrected chi connectivity index (χ4v) is 4.42. The van der Waals surface area contributed by atoms with E-state index in [2.05, 4.69) is 35.0 Å². The summed E-state index contributed by atoms with van der Waals surface area (Å²) in [6.45, 7) is 6.96. The molecule has 3 nitrogen and oxygen atoms in total. The maximum absolute atomic E-state index is 12.5. The molecule has 4 unspecified atom stereocenters. The van der Waals surface area contributed by atoms with E-state index in [1.165, 1.54) is 18.4 Å². The molecule has 1 N–H and O–H groups in total. The lowest BCUT2D eigenvalue weighted by Gasteiger charge is -2.49. The first-order valence-corrected chi connectivity index (χ1v) is 9.55. The lowest BCUT2D eigenvalue weighted by molar-refractivity contribution is 0.0195. The van der Waals surface area contributed by atoms with Crippen molar-refractivity contribution in [3.63, 3.8) is 0 Å². The van der Waals surface area contributed by atoms with Crippen molar-refractivity contribution in [1.29, 1.82) is 0 Å². The summed E-state index contributed by atoms with van der Waals surface area (Å²) >= 11 is 0. The molecule has 3 saturated heterocycles. The van der Waals surface area contributed by atoms with Crippen LogP contribution in [-0.2, 0) is 0 Å². The van der Waals surface area contributed by atoms with Gasteiger partial charge in [0.15, 0.2) is 0 Å². The van der Waals surface area contributed by atoms with Gasteiger partial charge in [-0.15, -0.1) is 6.58 Å². The number of amides is 1. The van der Waals surface area contributed by atoms with E-state index in [1.807, 2.05) is 42.5 Å². The molecule has 0 radical (unpaired) electrons. The molecule has 0 saturated carbocycles. The number of piperidine rings is 3. The van der Waals surface area contributed by atoms with Gasteiger partial charge in [-0.25, -0.2) is 0 Å². The lowest BCUT2D eigenvalue weighted by Crippen LogP contribution is -2.56. The van der Waals surface area contributed by atoms with Crippen molar-refractivity contribution in [1.82, 2.24) is 10.2 Å². The number of carbonyl (C=O) groups is 1. The van der Waals surface area contributed by atoms with Crippen LogP contribution >= 0.6 is 0 Å². The molecular weight excluding hydrogens is 320 g/mol. The van der Waals surface area contributed by atoms with Crippen LogP contribution in [0.4, 0.5) is 0 Å². The van der Waals surface area contributed by atoms with Gasteiger partial charge in [0.05, 0.1) is 0 Å². The van der Waals surface area contributed by atoms with E-state index in [9.17, 15) is 4.79 Å². The number of benzene rings is 2. The third-order valence-corrected chi connectivity index (χ3v) is 5.98. The van der Waals surface area contributed by atoms with Crippen molar-refractivity contribution >= 4 is 5.91 Å². The summed E-state index contributed by atoms with van der Waals surface area (Å²) in [6, 6.07) is 18.6. The van der Waals surface area contributed by atoms with E-state index in [0.717, 1.165) is 36.7 Å². The normalized spacial score (nSPS) is 27.1. The summed E-state index contributed by atoms with van der Waals surface area (Å²) in [6.07, 6.45) is 4.55. The van der Waals surface area contributed by atoms with Gasteiger partial charge in [-0.3, -0.25) is 9.69 Å². The molecule has 3 aliphatic rings. The molecule has 0 aromatic heterocycles. The summed E-state index contributed by atoms with van der Waals surface area (Å²) in [5.41, 5.74) is 3.03. The Hall–Kier alpha value is -2.39. The predicted octanol–water partition coefficient (Wildman–Crippen LogP) is 3.98. The maximum atomic E-state index is 12.5. The first-order chi connectivity index (χ1) is 12.7. The molecule has 0 spiro atoms. The molecule has 2 aromatic rings. The Balaban J connectivity index is 1.35. The van der Waals surface area contributed by atoms with Crippen molar-refractivity contribution in [2.45, 2.75) is 18.9 Å². The Kier molecular flexibility index (Phi) is 4.89. The van der Waals surface area contributed by atoms with Crippen LogP contribution in [-0.4, -0.2) is 36.5 Å². The monoisotopic (exact) mass is 346 g/mol. The number of fused-ring (bicyclic) bond motifs is 3. The predicted molar refractivity (Wildman–Crippen MR) is 106 cm³/mol. The minimum absolute atomic E-state index is 0.0209. The zero-order chi connectivity index (χ0) is 17.9. The van der Waals surface area contributed by atoms with Gasteiger partial charge in [0, 0.05) is 24.7 Å². The van der Waals surface area contributed by atoms with Gasteiger partial charge in [-0.05, 0) is 54.5 Å². The van der Waals surface area contributed by atoms with E-state index in [0.29, 0.717) is 12.0 Å². The topological polar surface area (TPSA) is 32.3 Å². The second kappa shape index (κ2) is 7.46. The first kappa shape index (κ1) is 17.0. The standard InChI is InChI=1S/C23H26N2O/c1-2-17-16-25-13-12-21(17)14-22(25)15-24-23(26)20-10-8-19(9-11-20)18-6-4-3-5-7-18/h2-11,17,21-22H,1,12-16H2,(H,24,26). The maximum Gasteiger partial charge on any atom is 0.251 e. The van der Waals surface area contributed by atoms with Gasteiger partial charge < -0.3 is 5.32 Å². The van der Waals surface area contributed by atoms with Gasteiger partial charge in [-0.2, -0.15) is 0 Å². The number of nitrogens with one attached hydrogen (secondary N) is 1. The molecule has 2 bridgehead atoms. The van der Waals surface area contributed by atoms with Gasteiger partial charge >= 0.3 is 0 Å². The van der Waals surface area contributed by atoms with E-state index in [1.54, 1.807) is 0 Å². The average Bonchev–Trinajstić information content (AvgIpc) is 2.73. The van der Waals surface area contributed by atoms with Crippen molar-refractivity contribution < 1.29 is 4.79 Å². The Morgan fingerprint density at radius 2 is 1.85 bits per heavy atom. The summed E-state index contributed by atoms with van der Waals surface area (Å²) < 4.78 is 0. The SMILES string of the molecule is C=CC1CN2CCC1CC2CNC(=O)c1ccc(-c2ccccc2)cc1. The van der Waals surface area contributed by atoms with Crippen LogP contribution in [0.25, 0.3) is 11.1 Å². The highest BCUT2D eigenvalue weighted by atomic mass is 16.1. The van der Waals surface area contributed by atoms with Crippen molar-refractivity contribution in [2.75, 3.05) is 19.6 Å². The van der Waals surface area contributed by atoms with E-state index in [-0.39, 0.29) is 5.91 Å². The highest BCUT2D eigenvalue weighted by Crippen LogP contribution is 2.36. The van der Waals surface area contributed by atoms with Gasteiger partial charge in [0.25, 0.3) is 5.91 Å². The molecule has 1 amide bonds. The molecule has 5 rings (SSSR count). The number of nitrogens with zero attached hydrogens (tertiary/aromatic N) is 1. The fraction of sp³-hybridized carbons (Fsp3) is 0.348. The minimum atomic E-state index is 0.0209. The molecular formula is C23H26N2O. The summed E-state index contributed by atoms with van der Waals surface area (Å²) in [5, 5.41) is 3.14. The van der Waals surface area contributed by atoms with Crippen LogP contribution in [0.2, 0.25) is 0 Å². The van der Waals surface area contributed by atoms with Crippen LogP contribution in [0.3, 0.4) is 0 Å². The molecule has 0 aliphatic carbocycles. The van der Waals surface area contributed by atoms with Gasteiger partial charge in [-0.1, -0.05) is 48.5 Å². The third-order valence-electron chi connectivity index (χ3n) is 5.98. The molecule has 134 valence electrons. The lowest BCUT2D eigenvalue weighted by atomic mass is 9.75. The van der Waals surface area contributed by atoms with E-state index >= 15 is 0 Å². The smallest absolute Gasteiger partial charge is 0.251 e. The Labute approximate surface area is 155 Å². The third kappa shape index (κ3) is 3.45. The number of hydrogen-bond acceptors (Lipinski definition) is 2. The number of rotatable bonds is 5. The van der Waals surface area contributed by atoms with Crippen LogP contribution in [0.1, 0.15) is 23.2 Å². The second-order valence-corrected chi connectivity index (χ2v) is 7.49. The molecule has 3 heteroatoms. The molecule has 26 heavy (non-hydrogen) atoms. The quantitative estimate of drug-likeness (QED) is 0.831. The zero-order valence-electron chi connectivity index (χ0n) is 15.1. The fourth-order valence-electron chi connectivity index (χ4n) is 4.42. The molecule has 3 aliphatic heterocycles. The summed E-state index contributed by atoms with van der Waals surface area (Å²) in [7, 11) is 0. The van der Waals surface area contributed by atoms with E-state index < -0.39 is 0 Å². The molecule has 3 heterocycles. The minimum Gasteiger partial charge on any atom is -0.350 e. The first-order valence-electron chi connectivity index (χ1n) is 9.55. The molecule has 2 aromatic carbocycles. The molecule has 3 fully saturated rings. The average molecular weight is 346 g/mol. The largest absolute Gasteiger partial charge is 0.350 e. The highest BCUT2D eigenvalue weighted by Gasteiger charge is 2.38. The summed E-state index contributed by atoms with van der Waals surface area (Å²) in [4.78, 5) is 15.0. The number of hydrogen-bond donors (Lipinski definition) is 1. The van der Waals surface area contributed by atoms with Crippen molar-refractivity contribution in [2.24, 2.45) is 11.8 Å². The number of carbonyl (C=O) groups excluding carboxylic acids is 1. The second-order valence-electron chi connectivity index (χ2n) is 7.49.